The summed E-state index contributed by atoms with van der Waals surface area (Å²) < 4.78 is 13.7. The van der Waals surface area contributed by atoms with Crippen LogP contribution in [0.3, 0.4) is 0 Å². The lowest BCUT2D eigenvalue weighted by Gasteiger charge is -2.11. The van der Waals surface area contributed by atoms with Gasteiger partial charge in [0.25, 0.3) is 0 Å². The Morgan fingerprint density at radius 1 is 1.00 bits per heavy atom. The zero-order valence-corrected chi connectivity index (χ0v) is 21.0. The zero-order valence-electron chi connectivity index (χ0n) is 20.2. The maximum atomic E-state index is 13.7. The first-order chi connectivity index (χ1) is 18.6. The summed E-state index contributed by atoms with van der Waals surface area (Å²) in [5.41, 5.74) is 6.13. The van der Waals surface area contributed by atoms with Crippen molar-refractivity contribution in [2.75, 3.05) is 5.32 Å². The fourth-order valence-corrected chi connectivity index (χ4v) is 5.87. The summed E-state index contributed by atoms with van der Waals surface area (Å²) in [6.45, 7) is 0. The van der Waals surface area contributed by atoms with Crippen molar-refractivity contribution < 1.29 is 9.18 Å². The van der Waals surface area contributed by atoms with Crippen molar-refractivity contribution >= 4 is 44.9 Å². The highest BCUT2D eigenvalue weighted by molar-refractivity contribution is 7.13. The average molecular weight is 524 g/mol. The number of thiophene rings is 1. The summed E-state index contributed by atoms with van der Waals surface area (Å²) in [4.78, 5) is 30.3. The van der Waals surface area contributed by atoms with Gasteiger partial charge in [0.05, 0.1) is 27.8 Å². The van der Waals surface area contributed by atoms with Gasteiger partial charge in [-0.1, -0.05) is 18.9 Å². The molecule has 188 valence electrons. The van der Waals surface area contributed by atoms with E-state index in [1.807, 2.05) is 30.3 Å². The van der Waals surface area contributed by atoms with E-state index >= 15 is 0 Å². The van der Waals surface area contributed by atoms with Crippen LogP contribution in [0.2, 0.25) is 0 Å². The van der Waals surface area contributed by atoms with Gasteiger partial charge in [-0.3, -0.25) is 19.9 Å². The number of pyridine rings is 2. The van der Waals surface area contributed by atoms with Crippen LogP contribution in [0.25, 0.3) is 55.2 Å². The number of aromatic nitrogens is 6. The van der Waals surface area contributed by atoms with Gasteiger partial charge in [0.1, 0.15) is 16.9 Å². The predicted octanol–water partition coefficient (Wildman–Crippen LogP) is 6.56. The lowest BCUT2D eigenvalue weighted by molar-refractivity contribution is -0.119. The summed E-state index contributed by atoms with van der Waals surface area (Å²) >= 11 is 1.04. The molecule has 8 nitrogen and oxygen atoms in total. The quantitative estimate of drug-likeness (QED) is 0.237. The molecule has 1 saturated carbocycles. The standard InChI is InChI=1S/C28H22FN7OS/c29-23-8-7-22(38-23)26-25-21(9-10-31-26)33-27(34-25)24-19-12-16(5-6-20(19)35-36-24)17-11-18(14-30-13-17)32-28(37)15-3-1-2-4-15/h5-15H,1-4H2,(H,32,37)(H,33,34)(H,35,36). The third-order valence-electron chi connectivity index (χ3n) is 7.06. The number of H-pyrrole nitrogens is 2. The summed E-state index contributed by atoms with van der Waals surface area (Å²) in [6, 6.07) is 12.9. The van der Waals surface area contributed by atoms with Gasteiger partial charge in [-0.05, 0) is 54.8 Å². The van der Waals surface area contributed by atoms with Crippen LogP contribution in [0.15, 0.2) is 61.1 Å². The van der Waals surface area contributed by atoms with E-state index in [1.54, 1.807) is 24.7 Å². The Labute approximate surface area is 220 Å². The third-order valence-corrected chi connectivity index (χ3v) is 7.94. The molecule has 0 unspecified atom stereocenters. The molecule has 0 spiro atoms. The van der Waals surface area contributed by atoms with Gasteiger partial charge in [0.15, 0.2) is 11.0 Å². The van der Waals surface area contributed by atoms with E-state index < -0.39 is 0 Å². The van der Waals surface area contributed by atoms with Crippen LogP contribution >= 0.6 is 11.3 Å². The molecule has 1 aliphatic carbocycles. The molecular weight excluding hydrogens is 501 g/mol. The second-order valence-corrected chi connectivity index (χ2v) is 10.5. The minimum Gasteiger partial charge on any atom is -0.336 e. The normalized spacial score (nSPS) is 14.0. The maximum absolute atomic E-state index is 13.7. The number of benzene rings is 1. The van der Waals surface area contributed by atoms with Gasteiger partial charge in [0.2, 0.25) is 5.91 Å². The second kappa shape index (κ2) is 9.14. The Hall–Kier alpha value is -4.44. The number of halogens is 1. The number of hydrogen-bond donors (Lipinski definition) is 3. The van der Waals surface area contributed by atoms with E-state index in [4.69, 9.17) is 4.98 Å². The molecule has 0 aliphatic heterocycles. The van der Waals surface area contributed by atoms with Crippen molar-refractivity contribution in [1.82, 2.24) is 30.1 Å². The van der Waals surface area contributed by atoms with Crippen LogP contribution in [0, 0.1) is 11.0 Å². The van der Waals surface area contributed by atoms with Crippen LogP contribution in [-0.2, 0) is 4.79 Å². The molecule has 3 N–H and O–H groups in total. The lowest BCUT2D eigenvalue weighted by Crippen LogP contribution is -2.20. The monoisotopic (exact) mass is 523 g/mol. The third kappa shape index (κ3) is 4.03. The van der Waals surface area contributed by atoms with Crippen molar-refractivity contribution in [3.05, 3.63) is 66.2 Å². The number of nitrogens with one attached hydrogen (secondary N) is 3. The van der Waals surface area contributed by atoms with Gasteiger partial charge < -0.3 is 10.3 Å². The van der Waals surface area contributed by atoms with Crippen molar-refractivity contribution in [2.24, 2.45) is 5.92 Å². The second-order valence-electron chi connectivity index (χ2n) is 9.51. The zero-order chi connectivity index (χ0) is 25.6. The molecule has 1 fully saturated rings. The molecule has 10 heteroatoms. The van der Waals surface area contributed by atoms with E-state index in [0.29, 0.717) is 33.3 Å². The molecule has 1 aromatic carbocycles. The van der Waals surface area contributed by atoms with Gasteiger partial charge in [0, 0.05) is 29.3 Å². The first-order valence-corrected chi connectivity index (χ1v) is 13.3. The number of aromatic amines is 2. The van der Waals surface area contributed by atoms with Gasteiger partial charge in [-0.25, -0.2) is 4.98 Å². The Morgan fingerprint density at radius 3 is 2.74 bits per heavy atom. The summed E-state index contributed by atoms with van der Waals surface area (Å²) in [7, 11) is 0. The summed E-state index contributed by atoms with van der Waals surface area (Å²) in [5, 5.41) is 11.3. The van der Waals surface area contributed by atoms with Gasteiger partial charge in [-0.15, -0.1) is 11.3 Å². The van der Waals surface area contributed by atoms with Crippen LogP contribution < -0.4 is 5.32 Å². The smallest absolute Gasteiger partial charge is 0.227 e. The number of rotatable bonds is 5. The van der Waals surface area contributed by atoms with Crippen LogP contribution in [0.5, 0.6) is 0 Å². The molecule has 0 atom stereocenters. The fourth-order valence-electron chi connectivity index (χ4n) is 5.14. The topological polar surface area (TPSA) is 112 Å². The highest BCUT2D eigenvalue weighted by Crippen LogP contribution is 2.34. The van der Waals surface area contributed by atoms with Crippen molar-refractivity contribution in [3.8, 4) is 33.2 Å². The highest BCUT2D eigenvalue weighted by atomic mass is 32.1. The molecule has 0 radical (unpaired) electrons. The van der Waals surface area contributed by atoms with E-state index in [2.05, 4.69) is 30.5 Å². The van der Waals surface area contributed by atoms with Crippen LogP contribution in [0.1, 0.15) is 25.7 Å². The molecule has 6 aromatic rings. The molecule has 0 bridgehead atoms. The number of carbonyl (C=O) groups is 1. The largest absolute Gasteiger partial charge is 0.336 e. The molecule has 1 aliphatic rings. The molecular formula is C28H22FN7OS. The summed E-state index contributed by atoms with van der Waals surface area (Å²) in [6.07, 6.45) is 9.26. The number of fused-ring (bicyclic) bond motifs is 2. The minimum absolute atomic E-state index is 0.0676. The number of amides is 1. The number of carbonyl (C=O) groups excluding carboxylic acids is 1. The minimum atomic E-state index is -0.267. The van der Waals surface area contributed by atoms with Gasteiger partial charge >= 0.3 is 0 Å². The molecule has 5 heterocycles. The van der Waals surface area contributed by atoms with Crippen LogP contribution in [0.4, 0.5) is 10.1 Å². The first-order valence-electron chi connectivity index (χ1n) is 12.5. The Balaban J connectivity index is 1.24. The molecule has 1 amide bonds. The van der Waals surface area contributed by atoms with E-state index in [-0.39, 0.29) is 17.0 Å². The van der Waals surface area contributed by atoms with Crippen molar-refractivity contribution in [1.29, 1.82) is 0 Å². The number of nitrogens with zero attached hydrogens (tertiary/aromatic N) is 4. The van der Waals surface area contributed by atoms with E-state index in [1.165, 1.54) is 6.07 Å². The Kier molecular flexibility index (Phi) is 5.47. The van der Waals surface area contributed by atoms with Crippen molar-refractivity contribution in [3.63, 3.8) is 0 Å². The number of hydrogen-bond acceptors (Lipinski definition) is 6. The Morgan fingerprint density at radius 2 is 1.89 bits per heavy atom. The maximum Gasteiger partial charge on any atom is 0.227 e. The Bertz CT molecular complexity index is 1810. The van der Waals surface area contributed by atoms with Gasteiger partial charge in [-0.2, -0.15) is 9.49 Å². The molecule has 5 aromatic heterocycles. The lowest BCUT2D eigenvalue weighted by atomic mass is 10.0. The predicted molar refractivity (Wildman–Crippen MR) is 146 cm³/mol. The SMILES string of the molecule is O=C(Nc1cncc(-c2ccc3[nH]nc(-c4nc5c(-c6ccc(F)s6)nccc5[nH]4)c3c2)c1)C1CCCC1. The van der Waals surface area contributed by atoms with Crippen molar-refractivity contribution in [2.45, 2.75) is 25.7 Å². The summed E-state index contributed by atoms with van der Waals surface area (Å²) in [5.74, 6) is 0.741. The number of imidazole rings is 1. The molecule has 38 heavy (non-hydrogen) atoms. The van der Waals surface area contributed by atoms with E-state index in [0.717, 1.165) is 64.6 Å². The number of anilines is 1. The first kappa shape index (κ1) is 22.7. The molecule has 7 rings (SSSR count). The average Bonchev–Trinajstić information content (AvgIpc) is 3.74. The highest BCUT2D eigenvalue weighted by Gasteiger charge is 2.23. The molecule has 0 saturated heterocycles. The fraction of sp³-hybridized carbons (Fsp3) is 0.179. The van der Waals surface area contributed by atoms with E-state index in [9.17, 15) is 9.18 Å². The van der Waals surface area contributed by atoms with Crippen LogP contribution in [-0.4, -0.2) is 36.0 Å².